The summed E-state index contributed by atoms with van der Waals surface area (Å²) < 4.78 is 0. The zero-order chi connectivity index (χ0) is 21.0. The monoisotopic (exact) mass is 427 g/mol. The quantitative estimate of drug-likeness (QED) is 0.529. The number of benzene rings is 2. The maximum absolute atomic E-state index is 5.97. The molecule has 0 N–H and O–H groups in total. The van der Waals surface area contributed by atoms with E-state index in [0.29, 0.717) is 0 Å². The zero-order valence-corrected chi connectivity index (χ0v) is 18.4. The van der Waals surface area contributed by atoms with Gasteiger partial charge in [0.2, 0.25) is 0 Å². The molecule has 0 amide bonds. The third-order valence-electron chi connectivity index (χ3n) is 6.23. The molecule has 1 saturated heterocycles. The Balaban J connectivity index is 1.25. The van der Waals surface area contributed by atoms with Gasteiger partial charge in [-0.25, -0.2) is 4.98 Å². The molecule has 3 heterocycles. The predicted octanol–water partition coefficient (Wildman–Crippen LogP) is 5.26. The van der Waals surface area contributed by atoms with Gasteiger partial charge in [0.05, 0.1) is 0 Å². The molecule has 0 radical (unpaired) electrons. The Labute approximate surface area is 189 Å². The van der Waals surface area contributed by atoms with E-state index in [-0.39, 0.29) is 0 Å². The largest absolute Gasteiger partial charge is 0.370 e. The number of anilines is 1. The number of halogens is 1. The molecule has 0 spiro atoms. The summed E-state index contributed by atoms with van der Waals surface area (Å²) in [6.45, 7) is 5.96. The average Bonchev–Trinajstić information content (AvgIpc) is 3.47. The Morgan fingerprint density at radius 1 is 0.839 bits per heavy atom. The minimum atomic E-state index is 0.739. The molecule has 0 atom stereocenters. The van der Waals surface area contributed by atoms with Crippen molar-refractivity contribution < 1.29 is 0 Å². The zero-order valence-electron chi connectivity index (χ0n) is 17.6. The van der Waals surface area contributed by atoms with Crippen LogP contribution in [-0.4, -0.2) is 42.6 Å². The standard InChI is InChI=1S/C27H26ClN3/c28-25-8-5-22(6-9-25)24-7-11-26(29-20-24)10-3-21-4-12-27-23(19-21)13-16-31(27)18-17-30-14-1-2-15-30/h4-9,11-12,19-20H,1-2,13-18H2. The number of hydrogen-bond donors (Lipinski definition) is 0. The van der Waals surface area contributed by atoms with E-state index in [1.54, 1.807) is 0 Å². The predicted molar refractivity (Wildman–Crippen MR) is 129 cm³/mol. The van der Waals surface area contributed by atoms with E-state index < -0.39 is 0 Å². The Kier molecular flexibility index (Phi) is 5.93. The van der Waals surface area contributed by atoms with Crippen molar-refractivity contribution in [2.75, 3.05) is 37.6 Å². The van der Waals surface area contributed by atoms with Crippen LogP contribution in [0.2, 0.25) is 5.02 Å². The molecule has 5 rings (SSSR count). The number of hydrogen-bond acceptors (Lipinski definition) is 3. The number of fused-ring (bicyclic) bond motifs is 1. The van der Waals surface area contributed by atoms with Crippen LogP contribution in [0.1, 0.15) is 29.7 Å². The molecule has 4 heteroatoms. The first-order valence-corrected chi connectivity index (χ1v) is 11.5. The molecule has 156 valence electrons. The van der Waals surface area contributed by atoms with Crippen LogP contribution in [0, 0.1) is 11.8 Å². The number of aromatic nitrogens is 1. The summed E-state index contributed by atoms with van der Waals surface area (Å²) in [6.07, 6.45) is 5.70. The molecule has 31 heavy (non-hydrogen) atoms. The van der Waals surface area contributed by atoms with Crippen LogP contribution in [0.25, 0.3) is 11.1 Å². The Morgan fingerprint density at radius 3 is 2.42 bits per heavy atom. The van der Waals surface area contributed by atoms with Crippen molar-refractivity contribution in [3.8, 4) is 23.0 Å². The van der Waals surface area contributed by atoms with Crippen molar-refractivity contribution in [1.82, 2.24) is 9.88 Å². The average molecular weight is 428 g/mol. The molecule has 0 bridgehead atoms. The van der Waals surface area contributed by atoms with Gasteiger partial charge in [-0.1, -0.05) is 35.7 Å². The maximum Gasteiger partial charge on any atom is 0.113 e. The summed E-state index contributed by atoms with van der Waals surface area (Å²) >= 11 is 5.97. The summed E-state index contributed by atoms with van der Waals surface area (Å²) in [6, 6.07) is 18.5. The van der Waals surface area contributed by atoms with Crippen LogP contribution in [-0.2, 0) is 6.42 Å². The molecule has 1 fully saturated rings. The normalized spacial score (nSPS) is 15.6. The van der Waals surface area contributed by atoms with E-state index in [1.807, 2.05) is 36.5 Å². The highest BCUT2D eigenvalue weighted by atomic mass is 35.5. The Hall–Kier alpha value is -2.80. The molecule has 3 nitrogen and oxygen atoms in total. The van der Waals surface area contributed by atoms with Gasteiger partial charge < -0.3 is 9.80 Å². The van der Waals surface area contributed by atoms with E-state index in [9.17, 15) is 0 Å². The van der Waals surface area contributed by atoms with Gasteiger partial charge in [0.1, 0.15) is 5.69 Å². The third kappa shape index (κ3) is 4.77. The lowest BCUT2D eigenvalue weighted by molar-refractivity contribution is 0.345. The van der Waals surface area contributed by atoms with Crippen molar-refractivity contribution in [2.24, 2.45) is 0 Å². The second kappa shape index (κ2) is 9.14. The van der Waals surface area contributed by atoms with Crippen LogP contribution in [0.3, 0.4) is 0 Å². The molecular formula is C27H26ClN3. The van der Waals surface area contributed by atoms with Gasteiger partial charge >= 0.3 is 0 Å². The fourth-order valence-electron chi connectivity index (χ4n) is 4.47. The highest BCUT2D eigenvalue weighted by Crippen LogP contribution is 2.28. The smallest absolute Gasteiger partial charge is 0.113 e. The summed E-state index contributed by atoms with van der Waals surface area (Å²) in [5, 5.41) is 0.739. The van der Waals surface area contributed by atoms with Crippen LogP contribution < -0.4 is 4.90 Å². The van der Waals surface area contributed by atoms with Gasteiger partial charge in [-0.3, -0.25) is 0 Å². The van der Waals surface area contributed by atoms with E-state index >= 15 is 0 Å². The van der Waals surface area contributed by atoms with Crippen molar-refractivity contribution in [2.45, 2.75) is 19.3 Å². The molecule has 0 unspecified atom stereocenters. The Morgan fingerprint density at radius 2 is 1.65 bits per heavy atom. The summed E-state index contributed by atoms with van der Waals surface area (Å²) in [5.74, 6) is 6.50. The fourth-order valence-corrected chi connectivity index (χ4v) is 4.59. The number of likely N-dealkylation sites (tertiary alicyclic amines) is 1. The highest BCUT2D eigenvalue weighted by Gasteiger charge is 2.20. The summed E-state index contributed by atoms with van der Waals surface area (Å²) in [7, 11) is 0. The minimum Gasteiger partial charge on any atom is -0.370 e. The first kappa shape index (κ1) is 20.1. The van der Waals surface area contributed by atoms with Crippen molar-refractivity contribution in [3.05, 3.63) is 82.6 Å². The number of nitrogens with zero attached hydrogens (tertiary/aromatic N) is 3. The lowest BCUT2D eigenvalue weighted by Gasteiger charge is -2.23. The van der Waals surface area contributed by atoms with Crippen LogP contribution in [0.15, 0.2) is 60.8 Å². The molecular weight excluding hydrogens is 402 g/mol. The molecule has 1 aromatic heterocycles. The van der Waals surface area contributed by atoms with Gasteiger partial charge in [0, 0.05) is 47.7 Å². The first-order valence-electron chi connectivity index (χ1n) is 11.1. The lowest BCUT2D eigenvalue weighted by Crippen LogP contribution is -2.32. The number of rotatable bonds is 4. The maximum atomic E-state index is 5.97. The molecule has 0 aliphatic carbocycles. The van der Waals surface area contributed by atoms with Gasteiger partial charge in [-0.15, -0.1) is 0 Å². The Bertz CT molecular complexity index is 1100. The van der Waals surface area contributed by atoms with Gasteiger partial charge in [0.25, 0.3) is 0 Å². The van der Waals surface area contributed by atoms with E-state index in [0.717, 1.165) is 46.9 Å². The molecule has 2 aliphatic rings. The van der Waals surface area contributed by atoms with Crippen LogP contribution >= 0.6 is 11.6 Å². The summed E-state index contributed by atoms with van der Waals surface area (Å²) in [4.78, 5) is 9.64. The SMILES string of the molecule is Clc1ccc(-c2ccc(C#Cc3ccc4c(c3)CCN4CCN3CCCC3)nc2)cc1. The van der Waals surface area contributed by atoms with E-state index in [4.69, 9.17) is 11.6 Å². The fraction of sp³-hybridized carbons (Fsp3) is 0.296. The molecule has 2 aliphatic heterocycles. The van der Waals surface area contributed by atoms with Gasteiger partial charge in [-0.05, 0) is 85.8 Å². The number of pyridine rings is 1. The van der Waals surface area contributed by atoms with E-state index in [1.165, 1.54) is 43.7 Å². The van der Waals surface area contributed by atoms with Gasteiger partial charge in [0.15, 0.2) is 0 Å². The highest BCUT2D eigenvalue weighted by molar-refractivity contribution is 6.30. The van der Waals surface area contributed by atoms with Gasteiger partial charge in [-0.2, -0.15) is 0 Å². The van der Waals surface area contributed by atoms with Crippen molar-refractivity contribution in [1.29, 1.82) is 0 Å². The second-order valence-electron chi connectivity index (χ2n) is 8.32. The molecule has 2 aromatic carbocycles. The minimum absolute atomic E-state index is 0.739. The molecule has 3 aromatic rings. The second-order valence-corrected chi connectivity index (χ2v) is 8.75. The summed E-state index contributed by atoms with van der Waals surface area (Å²) in [5.41, 5.74) is 6.81. The topological polar surface area (TPSA) is 19.4 Å². The third-order valence-corrected chi connectivity index (χ3v) is 6.48. The van der Waals surface area contributed by atoms with Crippen molar-refractivity contribution >= 4 is 17.3 Å². The van der Waals surface area contributed by atoms with Crippen LogP contribution in [0.5, 0.6) is 0 Å². The first-order chi connectivity index (χ1) is 15.2. The van der Waals surface area contributed by atoms with Crippen molar-refractivity contribution in [3.63, 3.8) is 0 Å². The van der Waals surface area contributed by atoms with Crippen LogP contribution in [0.4, 0.5) is 5.69 Å². The van der Waals surface area contributed by atoms with E-state index in [2.05, 4.69) is 50.9 Å². The molecule has 0 saturated carbocycles. The lowest BCUT2D eigenvalue weighted by atomic mass is 10.1.